The maximum Gasteiger partial charge on any atom is 0.252 e. The van der Waals surface area contributed by atoms with Gasteiger partial charge in [-0.05, 0) is 18.6 Å². The van der Waals surface area contributed by atoms with Gasteiger partial charge in [0.15, 0.2) is 0 Å². The Morgan fingerprint density at radius 3 is 2.71 bits per heavy atom. The molecule has 112 valence electrons. The number of carbonyl (C=O) groups is 1. The Hall–Kier alpha value is -2.19. The van der Waals surface area contributed by atoms with Crippen LogP contribution in [0.3, 0.4) is 0 Å². The molecule has 2 rings (SSSR count). The maximum absolute atomic E-state index is 12.2. The van der Waals surface area contributed by atoms with Crippen molar-refractivity contribution in [1.82, 2.24) is 10.3 Å². The molecule has 0 saturated carbocycles. The minimum absolute atomic E-state index is 0.174. The fourth-order valence-corrected chi connectivity index (χ4v) is 2.50. The zero-order valence-electron chi connectivity index (χ0n) is 11.2. The number of amides is 1. The van der Waals surface area contributed by atoms with Gasteiger partial charge in [-0.15, -0.1) is 0 Å². The van der Waals surface area contributed by atoms with Gasteiger partial charge in [0.25, 0.3) is 5.91 Å². The molecule has 1 heterocycles. The Morgan fingerprint density at radius 2 is 2.00 bits per heavy atom. The second kappa shape index (κ2) is 6.06. The predicted molar refractivity (Wildman–Crippen MR) is 81.1 cm³/mol. The smallest absolute Gasteiger partial charge is 0.252 e. The van der Waals surface area contributed by atoms with E-state index in [0.29, 0.717) is 16.5 Å². The first-order chi connectivity index (χ1) is 9.87. The van der Waals surface area contributed by atoms with Crippen LogP contribution in [0.2, 0.25) is 0 Å². The average molecular weight is 308 g/mol. The summed E-state index contributed by atoms with van der Waals surface area (Å²) in [5.41, 5.74) is 6.73. The number of nitrogens with two attached hydrogens (primary N) is 2. The molecule has 0 unspecified atom stereocenters. The van der Waals surface area contributed by atoms with Crippen LogP contribution in [-0.4, -0.2) is 31.6 Å². The first kappa shape index (κ1) is 15.2. The number of anilines is 1. The highest BCUT2D eigenvalue weighted by Gasteiger charge is 2.12. The monoisotopic (exact) mass is 308 g/mol. The largest absolute Gasteiger partial charge is 0.384 e. The van der Waals surface area contributed by atoms with Crippen LogP contribution in [0.1, 0.15) is 16.8 Å². The summed E-state index contributed by atoms with van der Waals surface area (Å²) in [4.78, 5) is 16.3. The number of fused-ring (bicyclic) bond motifs is 1. The van der Waals surface area contributed by atoms with Crippen molar-refractivity contribution in [1.29, 1.82) is 0 Å². The second-order valence-corrected chi connectivity index (χ2v) is 6.32. The van der Waals surface area contributed by atoms with Crippen LogP contribution < -0.4 is 16.2 Å². The molecule has 0 fully saturated rings. The van der Waals surface area contributed by atoms with Crippen molar-refractivity contribution in [2.75, 3.05) is 18.0 Å². The molecule has 0 radical (unpaired) electrons. The Kier molecular flexibility index (Phi) is 4.39. The molecule has 2 aromatic rings. The number of pyridine rings is 1. The summed E-state index contributed by atoms with van der Waals surface area (Å²) < 4.78 is 21.6. The third kappa shape index (κ3) is 4.14. The molecule has 21 heavy (non-hydrogen) atoms. The molecule has 0 aliphatic carbocycles. The highest BCUT2D eigenvalue weighted by Crippen LogP contribution is 2.19. The summed E-state index contributed by atoms with van der Waals surface area (Å²) in [5.74, 6) is -0.245. The number of hydrogen-bond donors (Lipinski definition) is 3. The molecule has 1 aromatic heterocycles. The van der Waals surface area contributed by atoms with Gasteiger partial charge in [0.05, 0.1) is 16.8 Å². The number of primary sulfonamides is 1. The summed E-state index contributed by atoms with van der Waals surface area (Å²) in [5, 5.41) is 8.23. The normalized spacial score (nSPS) is 11.5. The number of rotatable bonds is 5. The van der Waals surface area contributed by atoms with Gasteiger partial charge in [-0.3, -0.25) is 4.79 Å². The molecule has 0 atom stereocenters. The number of nitrogen functional groups attached to an aromatic ring is 1. The van der Waals surface area contributed by atoms with Gasteiger partial charge in [0, 0.05) is 11.9 Å². The molecule has 7 nitrogen and oxygen atoms in total. The van der Waals surface area contributed by atoms with E-state index in [0.717, 1.165) is 0 Å². The first-order valence-electron chi connectivity index (χ1n) is 6.31. The summed E-state index contributed by atoms with van der Waals surface area (Å²) in [7, 11) is -3.51. The number of hydrogen-bond acceptors (Lipinski definition) is 5. The third-order valence-electron chi connectivity index (χ3n) is 2.87. The second-order valence-electron chi connectivity index (χ2n) is 4.59. The standard InChI is InChI=1S/C13H16N4O3S/c14-12-8-10(9-4-1-2-5-11(9)17-12)13(18)16-6-3-7-21(15,19)20/h1-2,4-5,8H,3,6-7H2,(H2,14,17)(H,16,18)(H2,15,19,20). The number of nitrogens with zero attached hydrogens (tertiary/aromatic N) is 1. The van der Waals surface area contributed by atoms with Gasteiger partial charge in [0.1, 0.15) is 5.82 Å². The Balaban J connectivity index is 2.12. The van der Waals surface area contributed by atoms with Crippen LogP contribution in [0.25, 0.3) is 10.9 Å². The van der Waals surface area contributed by atoms with E-state index < -0.39 is 10.0 Å². The van der Waals surface area contributed by atoms with Crippen molar-refractivity contribution < 1.29 is 13.2 Å². The van der Waals surface area contributed by atoms with Crippen LogP contribution >= 0.6 is 0 Å². The molecular weight excluding hydrogens is 292 g/mol. The molecule has 0 spiro atoms. The Labute approximate surface area is 122 Å². The van der Waals surface area contributed by atoms with E-state index >= 15 is 0 Å². The molecule has 0 bridgehead atoms. The minimum Gasteiger partial charge on any atom is -0.384 e. The number of benzene rings is 1. The molecule has 8 heteroatoms. The molecule has 1 aromatic carbocycles. The quantitative estimate of drug-likeness (QED) is 0.681. The van der Waals surface area contributed by atoms with E-state index in [9.17, 15) is 13.2 Å². The molecule has 0 saturated heterocycles. The summed E-state index contributed by atoms with van der Waals surface area (Å²) in [6, 6.07) is 8.66. The van der Waals surface area contributed by atoms with Gasteiger partial charge >= 0.3 is 0 Å². The lowest BCUT2D eigenvalue weighted by molar-refractivity contribution is 0.0955. The number of nitrogens with one attached hydrogen (secondary N) is 1. The summed E-state index contributed by atoms with van der Waals surface area (Å²) >= 11 is 0. The van der Waals surface area contributed by atoms with E-state index in [1.54, 1.807) is 18.2 Å². The van der Waals surface area contributed by atoms with Crippen LogP contribution in [-0.2, 0) is 10.0 Å². The molecule has 5 N–H and O–H groups in total. The number of carbonyl (C=O) groups excluding carboxylic acids is 1. The van der Waals surface area contributed by atoms with Crippen molar-refractivity contribution in [3.8, 4) is 0 Å². The SMILES string of the molecule is Nc1cc(C(=O)NCCCS(N)(=O)=O)c2ccccc2n1. The van der Waals surface area contributed by atoms with Gasteiger partial charge in [-0.25, -0.2) is 18.5 Å². The average Bonchev–Trinajstić information content (AvgIpc) is 2.41. The van der Waals surface area contributed by atoms with E-state index in [4.69, 9.17) is 10.9 Å². The third-order valence-corrected chi connectivity index (χ3v) is 3.73. The molecule has 0 aliphatic rings. The Morgan fingerprint density at radius 1 is 1.29 bits per heavy atom. The highest BCUT2D eigenvalue weighted by atomic mass is 32.2. The molecule has 0 aliphatic heterocycles. The fraction of sp³-hybridized carbons (Fsp3) is 0.231. The zero-order chi connectivity index (χ0) is 15.5. The van der Waals surface area contributed by atoms with Crippen LogP contribution in [0.5, 0.6) is 0 Å². The predicted octanol–water partition coefficient (Wildman–Crippen LogP) is 0.225. The lowest BCUT2D eigenvalue weighted by atomic mass is 10.1. The number of aromatic nitrogens is 1. The van der Waals surface area contributed by atoms with Crippen molar-refractivity contribution in [3.63, 3.8) is 0 Å². The van der Waals surface area contributed by atoms with Crippen molar-refractivity contribution in [2.45, 2.75) is 6.42 Å². The summed E-state index contributed by atoms with van der Waals surface area (Å²) in [6.45, 7) is 0.214. The van der Waals surface area contributed by atoms with Gasteiger partial charge in [0.2, 0.25) is 10.0 Å². The lowest BCUT2D eigenvalue weighted by Gasteiger charge is -2.08. The van der Waals surface area contributed by atoms with E-state index in [-0.39, 0.29) is 30.4 Å². The molecule has 1 amide bonds. The van der Waals surface area contributed by atoms with Gasteiger partial charge < -0.3 is 11.1 Å². The number of para-hydroxylation sites is 1. The van der Waals surface area contributed by atoms with Crippen molar-refractivity contribution in [3.05, 3.63) is 35.9 Å². The maximum atomic E-state index is 12.2. The van der Waals surface area contributed by atoms with Gasteiger partial charge in [-0.1, -0.05) is 18.2 Å². The van der Waals surface area contributed by atoms with Crippen LogP contribution in [0, 0.1) is 0 Å². The van der Waals surface area contributed by atoms with E-state index in [1.165, 1.54) is 6.07 Å². The first-order valence-corrected chi connectivity index (χ1v) is 8.02. The topological polar surface area (TPSA) is 128 Å². The van der Waals surface area contributed by atoms with Crippen LogP contribution in [0.15, 0.2) is 30.3 Å². The zero-order valence-corrected chi connectivity index (χ0v) is 12.1. The molecular formula is C13H16N4O3S. The lowest BCUT2D eigenvalue weighted by Crippen LogP contribution is -2.27. The number of sulfonamides is 1. The minimum atomic E-state index is -3.51. The van der Waals surface area contributed by atoms with E-state index in [2.05, 4.69) is 10.3 Å². The fourth-order valence-electron chi connectivity index (χ4n) is 1.95. The Bertz CT molecular complexity index is 774. The highest BCUT2D eigenvalue weighted by molar-refractivity contribution is 7.89. The van der Waals surface area contributed by atoms with E-state index in [1.807, 2.05) is 6.07 Å². The van der Waals surface area contributed by atoms with Gasteiger partial charge in [-0.2, -0.15) is 0 Å². The van der Waals surface area contributed by atoms with Crippen molar-refractivity contribution in [2.24, 2.45) is 5.14 Å². The van der Waals surface area contributed by atoms with Crippen molar-refractivity contribution >= 4 is 32.7 Å². The summed E-state index contributed by atoms with van der Waals surface area (Å²) in [6.07, 6.45) is 0.253. The van der Waals surface area contributed by atoms with Crippen LogP contribution in [0.4, 0.5) is 5.82 Å².